The van der Waals surface area contributed by atoms with Crippen molar-refractivity contribution in [2.45, 2.75) is 25.8 Å². The van der Waals surface area contributed by atoms with E-state index in [2.05, 4.69) is 4.98 Å². The Morgan fingerprint density at radius 1 is 1.30 bits per heavy atom. The average molecular weight is 292 g/mol. The first-order chi connectivity index (χ1) is 9.47. The molecular weight excluding hydrogens is 280 g/mol. The summed E-state index contributed by atoms with van der Waals surface area (Å²) in [5, 5.41) is 0. The van der Waals surface area contributed by atoms with Gasteiger partial charge < -0.3 is 9.64 Å². The predicted molar refractivity (Wildman–Crippen MR) is 61.1 cm³/mol. The zero-order valence-corrected chi connectivity index (χ0v) is 10.6. The molecule has 0 bridgehead atoms. The van der Waals surface area contributed by atoms with E-state index >= 15 is 0 Å². The third-order valence-electron chi connectivity index (χ3n) is 3.07. The van der Waals surface area contributed by atoms with E-state index < -0.39 is 41.2 Å². The minimum Gasteiger partial charge on any atom is -0.464 e. The number of carbonyl (C=O) groups is 1. The minimum atomic E-state index is -1.74. The van der Waals surface area contributed by atoms with Crippen molar-refractivity contribution < 1.29 is 27.1 Å². The van der Waals surface area contributed by atoms with Gasteiger partial charge in [-0.25, -0.2) is 4.79 Å². The molecule has 1 aliphatic rings. The summed E-state index contributed by atoms with van der Waals surface area (Å²) in [5.74, 6) is -7.39. The molecule has 1 aliphatic heterocycles. The second-order valence-electron chi connectivity index (χ2n) is 4.27. The smallest absolute Gasteiger partial charge is 0.328 e. The summed E-state index contributed by atoms with van der Waals surface area (Å²) in [5.41, 5.74) is -0.912. The van der Waals surface area contributed by atoms with E-state index in [4.69, 9.17) is 4.74 Å². The van der Waals surface area contributed by atoms with Crippen LogP contribution in [0.2, 0.25) is 0 Å². The van der Waals surface area contributed by atoms with Crippen LogP contribution in [0.25, 0.3) is 0 Å². The Hall–Kier alpha value is -1.86. The summed E-state index contributed by atoms with van der Waals surface area (Å²) in [7, 11) is 0. The van der Waals surface area contributed by atoms with E-state index in [-0.39, 0.29) is 13.2 Å². The van der Waals surface area contributed by atoms with Crippen LogP contribution in [0, 0.1) is 23.5 Å². The second kappa shape index (κ2) is 5.64. The molecule has 1 aromatic heterocycles. The van der Waals surface area contributed by atoms with Crippen LogP contribution in [-0.4, -0.2) is 30.1 Å². The van der Waals surface area contributed by atoms with Gasteiger partial charge in [0.15, 0.2) is 0 Å². The number of aromatic nitrogens is 1. The molecule has 1 fully saturated rings. The molecule has 20 heavy (non-hydrogen) atoms. The molecule has 0 aromatic carbocycles. The average Bonchev–Trinajstić information content (AvgIpc) is 2.86. The van der Waals surface area contributed by atoms with Gasteiger partial charge in [-0.3, -0.25) is 0 Å². The van der Waals surface area contributed by atoms with Crippen molar-refractivity contribution in [3.05, 3.63) is 23.5 Å². The maximum absolute atomic E-state index is 13.7. The fourth-order valence-corrected chi connectivity index (χ4v) is 2.25. The molecule has 0 radical (unpaired) electrons. The Balaban J connectivity index is 2.42. The summed E-state index contributed by atoms with van der Waals surface area (Å²) in [6, 6.07) is -0.958. The molecule has 0 saturated carbocycles. The standard InChI is InChI=1S/C12H12F4N2O2/c1-2-20-12(19)6-4-3-5-18(6)9-7(13)10(15)17-11(16)8(9)14/h6H,2-5H2,1H3. The number of nitrogens with zero attached hydrogens (tertiary/aromatic N) is 2. The molecule has 1 aromatic rings. The molecule has 1 atom stereocenters. The molecule has 0 N–H and O–H groups in total. The lowest BCUT2D eigenvalue weighted by Crippen LogP contribution is -2.38. The highest BCUT2D eigenvalue weighted by molar-refractivity contribution is 5.81. The molecular formula is C12H12F4N2O2. The van der Waals surface area contributed by atoms with E-state index in [9.17, 15) is 22.4 Å². The molecule has 1 saturated heterocycles. The number of esters is 1. The quantitative estimate of drug-likeness (QED) is 0.486. The van der Waals surface area contributed by atoms with Gasteiger partial charge in [-0.2, -0.15) is 22.5 Å². The predicted octanol–water partition coefficient (Wildman–Crippen LogP) is 2.17. The monoisotopic (exact) mass is 292 g/mol. The van der Waals surface area contributed by atoms with Crippen molar-refractivity contribution in [3.8, 4) is 0 Å². The SMILES string of the molecule is CCOC(=O)C1CCCN1c1c(F)c(F)nc(F)c1F. The van der Waals surface area contributed by atoms with Gasteiger partial charge in [0.25, 0.3) is 11.9 Å². The molecule has 4 nitrogen and oxygen atoms in total. The van der Waals surface area contributed by atoms with E-state index in [1.165, 1.54) is 0 Å². The van der Waals surface area contributed by atoms with Crippen molar-refractivity contribution in [3.63, 3.8) is 0 Å². The van der Waals surface area contributed by atoms with Gasteiger partial charge in [0.1, 0.15) is 11.7 Å². The lowest BCUT2D eigenvalue weighted by molar-refractivity contribution is -0.144. The maximum atomic E-state index is 13.7. The molecule has 110 valence electrons. The first-order valence-corrected chi connectivity index (χ1v) is 6.10. The van der Waals surface area contributed by atoms with Crippen LogP contribution in [0.5, 0.6) is 0 Å². The lowest BCUT2D eigenvalue weighted by atomic mass is 10.2. The molecule has 2 rings (SSSR count). The zero-order chi connectivity index (χ0) is 14.9. The highest BCUT2D eigenvalue weighted by Crippen LogP contribution is 2.32. The number of hydrogen-bond donors (Lipinski definition) is 0. The van der Waals surface area contributed by atoms with Gasteiger partial charge >= 0.3 is 5.97 Å². The molecule has 0 aliphatic carbocycles. The molecule has 8 heteroatoms. The summed E-state index contributed by atoms with van der Waals surface area (Å²) < 4.78 is 58.4. The Labute approximate surface area is 112 Å². The largest absolute Gasteiger partial charge is 0.464 e. The second-order valence-corrected chi connectivity index (χ2v) is 4.27. The van der Waals surface area contributed by atoms with E-state index in [1.807, 2.05) is 0 Å². The highest BCUT2D eigenvalue weighted by Gasteiger charge is 2.37. The van der Waals surface area contributed by atoms with Crippen LogP contribution in [0.1, 0.15) is 19.8 Å². The van der Waals surface area contributed by atoms with Crippen molar-refractivity contribution >= 4 is 11.7 Å². The van der Waals surface area contributed by atoms with Crippen LogP contribution >= 0.6 is 0 Å². The van der Waals surface area contributed by atoms with Gasteiger partial charge in [0, 0.05) is 6.54 Å². The van der Waals surface area contributed by atoms with E-state index in [0.717, 1.165) is 4.90 Å². The van der Waals surface area contributed by atoms with Gasteiger partial charge in [-0.1, -0.05) is 0 Å². The van der Waals surface area contributed by atoms with E-state index in [1.54, 1.807) is 6.92 Å². The van der Waals surface area contributed by atoms with Crippen LogP contribution in [0.15, 0.2) is 0 Å². The number of ether oxygens (including phenoxy) is 1. The zero-order valence-electron chi connectivity index (χ0n) is 10.6. The van der Waals surface area contributed by atoms with E-state index in [0.29, 0.717) is 12.8 Å². The van der Waals surface area contributed by atoms with Gasteiger partial charge in [0.05, 0.1) is 6.61 Å². The number of pyridine rings is 1. The summed E-state index contributed by atoms with van der Waals surface area (Å²) in [6.45, 7) is 1.79. The fourth-order valence-electron chi connectivity index (χ4n) is 2.25. The topological polar surface area (TPSA) is 42.4 Å². The van der Waals surface area contributed by atoms with Crippen LogP contribution in [0.4, 0.5) is 23.2 Å². The summed E-state index contributed by atoms with van der Waals surface area (Å²) in [4.78, 5) is 15.2. The van der Waals surface area contributed by atoms with Crippen LogP contribution in [0.3, 0.4) is 0 Å². The fraction of sp³-hybridized carbons (Fsp3) is 0.500. The number of rotatable bonds is 3. The Bertz CT molecular complexity index is 512. The molecule has 1 unspecified atom stereocenters. The first-order valence-electron chi connectivity index (χ1n) is 6.10. The highest BCUT2D eigenvalue weighted by atomic mass is 19.2. The van der Waals surface area contributed by atoms with Crippen LogP contribution in [-0.2, 0) is 9.53 Å². The number of hydrogen-bond acceptors (Lipinski definition) is 4. The number of carbonyl (C=O) groups excluding carboxylic acids is 1. The molecule has 2 heterocycles. The van der Waals surface area contributed by atoms with Crippen molar-refractivity contribution in [1.29, 1.82) is 0 Å². The third kappa shape index (κ3) is 2.41. The number of halogens is 4. The Kier molecular flexibility index (Phi) is 4.10. The maximum Gasteiger partial charge on any atom is 0.328 e. The Morgan fingerprint density at radius 2 is 1.90 bits per heavy atom. The van der Waals surface area contributed by atoms with Crippen molar-refractivity contribution in [1.82, 2.24) is 4.98 Å². The number of anilines is 1. The first kappa shape index (κ1) is 14.5. The molecule has 0 spiro atoms. The van der Waals surface area contributed by atoms with Crippen molar-refractivity contribution in [2.24, 2.45) is 0 Å². The summed E-state index contributed by atoms with van der Waals surface area (Å²) >= 11 is 0. The van der Waals surface area contributed by atoms with Crippen LogP contribution < -0.4 is 4.90 Å². The summed E-state index contributed by atoms with van der Waals surface area (Å²) in [6.07, 6.45) is 0.747. The van der Waals surface area contributed by atoms with Gasteiger partial charge in [0.2, 0.25) is 11.6 Å². The van der Waals surface area contributed by atoms with Gasteiger partial charge in [-0.15, -0.1) is 0 Å². The Morgan fingerprint density at radius 3 is 2.45 bits per heavy atom. The van der Waals surface area contributed by atoms with Crippen molar-refractivity contribution in [2.75, 3.05) is 18.1 Å². The normalized spacial score (nSPS) is 18.4. The lowest BCUT2D eigenvalue weighted by Gasteiger charge is -2.25. The minimum absolute atomic E-state index is 0.0974. The van der Waals surface area contributed by atoms with Gasteiger partial charge in [-0.05, 0) is 19.8 Å². The molecule has 0 amide bonds. The third-order valence-corrected chi connectivity index (χ3v) is 3.07.